The lowest BCUT2D eigenvalue weighted by atomic mass is 10.2. The van der Waals surface area contributed by atoms with E-state index in [9.17, 15) is 9.18 Å². The molecule has 1 aliphatic rings. The van der Waals surface area contributed by atoms with E-state index in [1.54, 1.807) is 6.07 Å². The third-order valence-electron chi connectivity index (χ3n) is 2.77. The fourth-order valence-corrected chi connectivity index (χ4v) is 1.63. The van der Waals surface area contributed by atoms with E-state index in [0.29, 0.717) is 24.9 Å². The molecule has 2 N–H and O–H groups in total. The Morgan fingerprint density at radius 2 is 2.25 bits per heavy atom. The number of carboxylic acids is 1. The van der Waals surface area contributed by atoms with E-state index in [1.165, 1.54) is 12.1 Å². The molecule has 0 spiro atoms. The van der Waals surface area contributed by atoms with Crippen LogP contribution in [0.5, 0.6) is 0 Å². The second kappa shape index (κ2) is 4.03. The van der Waals surface area contributed by atoms with Crippen molar-refractivity contribution in [2.45, 2.75) is 24.9 Å². The molecule has 1 aliphatic carbocycles. The van der Waals surface area contributed by atoms with E-state index < -0.39 is 17.3 Å². The first-order valence-corrected chi connectivity index (χ1v) is 5.34. The van der Waals surface area contributed by atoms with Gasteiger partial charge in [-0.15, -0.1) is 0 Å². The van der Waals surface area contributed by atoms with Crippen LogP contribution in [0.25, 0.3) is 0 Å². The zero-order valence-corrected chi connectivity index (χ0v) is 9.22. The van der Waals surface area contributed by atoms with Gasteiger partial charge < -0.3 is 5.11 Å². The first-order valence-electron chi connectivity index (χ1n) is 4.96. The Morgan fingerprint density at radius 1 is 1.56 bits per heavy atom. The Labute approximate surface area is 97.2 Å². The van der Waals surface area contributed by atoms with E-state index in [1.807, 2.05) is 0 Å². The number of hydrogen-bond donors (Lipinski definition) is 2. The predicted molar refractivity (Wildman–Crippen MR) is 57.9 cm³/mol. The molecule has 0 unspecified atom stereocenters. The van der Waals surface area contributed by atoms with Gasteiger partial charge in [-0.05, 0) is 30.5 Å². The predicted octanol–water partition coefficient (Wildman–Crippen LogP) is 2.19. The summed E-state index contributed by atoms with van der Waals surface area (Å²) in [4.78, 5) is 10.9. The molecule has 3 nitrogen and oxygen atoms in total. The van der Waals surface area contributed by atoms with E-state index >= 15 is 0 Å². The first-order chi connectivity index (χ1) is 7.53. The van der Waals surface area contributed by atoms with Gasteiger partial charge in [0.1, 0.15) is 11.4 Å². The van der Waals surface area contributed by atoms with Gasteiger partial charge in [-0.3, -0.25) is 10.1 Å². The molecule has 0 heterocycles. The second-order valence-electron chi connectivity index (χ2n) is 3.99. The molecule has 1 aromatic carbocycles. The molecule has 0 saturated heterocycles. The normalized spacial score (nSPS) is 17.1. The van der Waals surface area contributed by atoms with Crippen LogP contribution in [-0.4, -0.2) is 16.6 Å². The van der Waals surface area contributed by atoms with Crippen molar-refractivity contribution in [1.82, 2.24) is 5.32 Å². The Kier molecular flexibility index (Phi) is 2.86. The van der Waals surface area contributed by atoms with Crippen molar-refractivity contribution < 1.29 is 14.3 Å². The highest BCUT2D eigenvalue weighted by molar-refractivity contribution is 6.30. The molecule has 0 bridgehead atoms. The van der Waals surface area contributed by atoms with Gasteiger partial charge in [0.05, 0.1) is 5.02 Å². The highest BCUT2D eigenvalue weighted by Gasteiger charge is 2.49. The summed E-state index contributed by atoms with van der Waals surface area (Å²) in [6.07, 6.45) is 1.25. The first kappa shape index (κ1) is 11.4. The number of nitrogens with one attached hydrogen (secondary N) is 1. The lowest BCUT2D eigenvalue weighted by Gasteiger charge is -2.12. The molecule has 2 rings (SSSR count). The summed E-state index contributed by atoms with van der Waals surface area (Å²) in [6, 6.07) is 4.46. The largest absolute Gasteiger partial charge is 0.480 e. The monoisotopic (exact) mass is 243 g/mol. The summed E-state index contributed by atoms with van der Waals surface area (Å²) >= 11 is 5.54. The molecule has 0 atom stereocenters. The molecule has 0 aromatic heterocycles. The van der Waals surface area contributed by atoms with Gasteiger partial charge in [-0.1, -0.05) is 17.7 Å². The fraction of sp³-hybridized carbons (Fsp3) is 0.364. The van der Waals surface area contributed by atoms with E-state index in [-0.39, 0.29) is 5.02 Å². The Balaban J connectivity index is 2.00. The SMILES string of the molecule is O=C(O)C1(NCc2ccc(Cl)c(F)c2)CC1. The lowest BCUT2D eigenvalue weighted by molar-refractivity contribution is -0.140. The van der Waals surface area contributed by atoms with Gasteiger partial charge in [-0.25, -0.2) is 4.39 Å². The number of aliphatic carboxylic acids is 1. The quantitative estimate of drug-likeness (QED) is 0.852. The molecule has 0 aliphatic heterocycles. The van der Waals surface area contributed by atoms with Crippen LogP contribution < -0.4 is 5.32 Å². The Hall–Kier alpha value is -1.13. The van der Waals surface area contributed by atoms with E-state index in [2.05, 4.69) is 5.32 Å². The minimum atomic E-state index is -0.845. The average Bonchev–Trinajstić information content (AvgIpc) is 3.01. The van der Waals surface area contributed by atoms with E-state index in [4.69, 9.17) is 16.7 Å². The van der Waals surface area contributed by atoms with Crippen LogP contribution in [0.2, 0.25) is 5.02 Å². The van der Waals surface area contributed by atoms with Gasteiger partial charge in [0.2, 0.25) is 0 Å². The van der Waals surface area contributed by atoms with Crippen molar-refractivity contribution >= 4 is 17.6 Å². The van der Waals surface area contributed by atoms with Gasteiger partial charge in [0.15, 0.2) is 0 Å². The maximum absolute atomic E-state index is 13.1. The standard InChI is InChI=1S/C11H11ClFNO2/c12-8-2-1-7(5-9(8)13)6-14-11(3-4-11)10(15)16/h1-2,5,14H,3-4,6H2,(H,15,16). The average molecular weight is 244 g/mol. The second-order valence-corrected chi connectivity index (χ2v) is 4.40. The molecule has 1 aromatic rings. The summed E-state index contributed by atoms with van der Waals surface area (Å²) in [6.45, 7) is 0.334. The van der Waals surface area contributed by atoms with E-state index in [0.717, 1.165) is 0 Å². The van der Waals surface area contributed by atoms with Crippen LogP contribution in [0.4, 0.5) is 4.39 Å². The molecule has 1 saturated carbocycles. The van der Waals surface area contributed by atoms with Crippen LogP contribution in [0.15, 0.2) is 18.2 Å². The molecule has 0 radical (unpaired) electrons. The highest BCUT2D eigenvalue weighted by Crippen LogP contribution is 2.35. The van der Waals surface area contributed by atoms with Gasteiger partial charge in [-0.2, -0.15) is 0 Å². The molecule has 5 heteroatoms. The van der Waals surface area contributed by atoms with Crippen LogP contribution >= 0.6 is 11.6 Å². The molecule has 0 amide bonds. The molecular weight excluding hydrogens is 233 g/mol. The van der Waals surface area contributed by atoms with Crippen LogP contribution in [0.3, 0.4) is 0 Å². The number of benzene rings is 1. The van der Waals surface area contributed by atoms with Crippen LogP contribution in [0.1, 0.15) is 18.4 Å². The summed E-state index contributed by atoms with van der Waals surface area (Å²) < 4.78 is 13.1. The minimum absolute atomic E-state index is 0.0723. The fourth-order valence-electron chi connectivity index (χ4n) is 1.51. The van der Waals surface area contributed by atoms with Crippen molar-refractivity contribution in [2.75, 3.05) is 0 Å². The summed E-state index contributed by atoms with van der Waals surface area (Å²) in [5.74, 6) is -1.33. The molecule has 86 valence electrons. The minimum Gasteiger partial charge on any atom is -0.480 e. The van der Waals surface area contributed by atoms with Crippen molar-refractivity contribution in [3.05, 3.63) is 34.6 Å². The Bertz CT molecular complexity index is 432. The summed E-state index contributed by atoms with van der Waals surface area (Å²) in [5.41, 5.74) is -0.106. The molecule has 1 fully saturated rings. The molecular formula is C11H11ClFNO2. The summed E-state index contributed by atoms with van der Waals surface area (Å²) in [5, 5.41) is 11.9. The molecule has 16 heavy (non-hydrogen) atoms. The third-order valence-corrected chi connectivity index (χ3v) is 3.08. The maximum atomic E-state index is 13.1. The number of rotatable bonds is 4. The van der Waals surface area contributed by atoms with Gasteiger partial charge in [0.25, 0.3) is 0 Å². The van der Waals surface area contributed by atoms with Crippen LogP contribution in [-0.2, 0) is 11.3 Å². The summed E-state index contributed by atoms with van der Waals surface area (Å²) in [7, 11) is 0. The van der Waals surface area contributed by atoms with Crippen molar-refractivity contribution in [2.24, 2.45) is 0 Å². The lowest BCUT2D eigenvalue weighted by Crippen LogP contribution is -2.38. The zero-order valence-electron chi connectivity index (χ0n) is 8.46. The van der Waals surface area contributed by atoms with Gasteiger partial charge in [0, 0.05) is 6.54 Å². The van der Waals surface area contributed by atoms with Crippen molar-refractivity contribution in [1.29, 1.82) is 0 Å². The number of hydrogen-bond acceptors (Lipinski definition) is 2. The van der Waals surface area contributed by atoms with Crippen molar-refractivity contribution in [3.8, 4) is 0 Å². The Morgan fingerprint density at radius 3 is 2.75 bits per heavy atom. The van der Waals surface area contributed by atoms with Crippen molar-refractivity contribution in [3.63, 3.8) is 0 Å². The zero-order chi connectivity index (χ0) is 11.8. The number of halogens is 2. The van der Waals surface area contributed by atoms with Crippen LogP contribution in [0, 0.1) is 5.82 Å². The number of carboxylic acid groups (broad SMARTS) is 1. The smallest absolute Gasteiger partial charge is 0.323 e. The number of carbonyl (C=O) groups is 1. The maximum Gasteiger partial charge on any atom is 0.323 e. The third kappa shape index (κ3) is 2.18. The topological polar surface area (TPSA) is 49.3 Å². The van der Waals surface area contributed by atoms with Gasteiger partial charge >= 0.3 is 5.97 Å². The highest BCUT2D eigenvalue weighted by atomic mass is 35.5.